The van der Waals surface area contributed by atoms with Gasteiger partial charge in [0, 0.05) is 11.9 Å². The van der Waals surface area contributed by atoms with E-state index in [2.05, 4.69) is 10.3 Å². The monoisotopic (exact) mass is 321 g/mol. The van der Waals surface area contributed by atoms with E-state index in [1.165, 1.54) is 23.0 Å². The lowest BCUT2D eigenvalue weighted by Crippen LogP contribution is -2.32. The number of thiophene rings is 1. The number of aromatic nitrogens is 2. The van der Waals surface area contributed by atoms with Gasteiger partial charge in [0.2, 0.25) is 5.91 Å². The van der Waals surface area contributed by atoms with Gasteiger partial charge in [0.05, 0.1) is 11.3 Å². The molecule has 2 aromatic heterocycles. The molecule has 0 radical (unpaired) electrons. The van der Waals surface area contributed by atoms with E-state index < -0.39 is 11.9 Å². The maximum absolute atomic E-state index is 12.7. The minimum Gasteiger partial charge on any atom is -0.481 e. The van der Waals surface area contributed by atoms with Gasteiger partial charge in [-0.25, -0.2) is 4.98 Å². The Morgan fingerprint density at radius 1 is 1.50 bits per heavy atom. The third kappa shape index (κ3) is 2.10. The number of carbonyl (C=O) groups excluding carboxylic acids is 1. The van der Waals surface area contributed by atoms with Crippen LogP contribution in [0.15, 0.2) is 4.79 Å². The quantitative estimate of drug-likeness (QED) is 0.863. The second kappa shape index (κ2) is 5.20. The molecule has 116 valence electrons. The predicted octanol–water partition coefficient (Wildman–Crippen LogP) is 0.627. The maximum atomic E-state index is 12.7. The van der Waals surface area contributed by atoms with E-state index in [0.717, 1.165) is 4.88 Å². The third-order valence-electron chi connectivity index (χ3n) is 4.00. The molecule has 0 aliphatic heterocycles. The normalized spacial score (nSPS) is 16.7. The van der Waals surface area contributed by atoms with Crippen LogP contribution in [0.25, 0.3) is 10.2 Å². The van der Waals surface area contributed by atoms with Crippen LogP contribution < -0.4 is 10.9 Å². The molecule has 1 aliphatic carbocycles. The van der Waals surface area contributed by atoms with Crippen molar-refractivity contribution in [2.24, 2.45) is 0 Å². The van der Waals surface area contributed by atoms with Gasteiger partial charge in [-0.15, -0.1) is 11.3 Å². The number of carboxylic acids is 1. The van der Waals surface area contributed by atoms with Crippen LogP contribution in [-0.4, -0.2) is 33.6 Å². The Bertz CT molecular complexity index is 852. The highest BCUT2D eigenvalue weighted by molar-refractivity contribution is 7.18. The van der Waals surface area contributed by atoms with Crippen LogP contribution in [0.4, 0.5) is 0 Å². The number of aliphatic carboxylic acids is 1. The van der Waals surface area contributed by atoms with Crippen LogP contribution in [-0.2, 0) is 22.6 Å². The summed E-state index contributed by atoms with van der Waals surface area (Å²) >= 11 is 1.38. The first-order valence-corrected chi connectivity index (χ1v) is 7.71. The van der Waals surface area contributed by atoms with Crippen molar-refractivity contribution in [3.05, 3.63) is 26.6 Å². The summed E-state index contributed by atoms with van der Waals surface area (Å²) in [4.78, 5) is 41.6. The van der Waals surface area contributed by atoms with Crippen molar-refractivity contribution in [1.29, 1.82) is 0 Å². The Labute approximate surface area is 129 Å². The van der Waals surface area contributed by atoms with Gasteiger partial charge in [-0.1, -0.05) is 0 Å². The van der Waals surface area contributed by atoms with Crippen molar-refractivity contribution in [2.45, 2.75) is 32.2 Å². The van der Waals surface area contributed by atoms with Crippen molar-refractivity contribution in [3.63, 3.8) is 0 Å². The van der Waals surface area contributed by atoms with Gasteiger partial charge in [0.1, 0.15) is 17.2 Å². The summed E-state index contributed by atoms with van der Waals surface area (Å²) in [6, 6.07) is 0. The van der Waals surface area contributed by atoms with E-state index in [4.69, 9.17) is 0 Å². The maximum Gasteiger partial charge on any atom is 0.311 e. The minimum atomic E-state index is -0.920. The molecule has 1 amide bonds. The predicted molar refractivity (Wildman–Crippen MR) is 81.4 cm³/mol. The average Bonchev–Trinajstić information content (AvgIpc) is 3.00. The number of carbonyl (C=O) groups is 2. The number of likely N-dealkylation sites (N-methyl/N-ethyl adjacent to an activating group) is 1. The smallest absolute Gasteiger partial charge is 0.311 e. The van der Waals surface area contributed by atoms with Gasteiger partial charge in [0.15, 0.2) is 0 Å². The van der Waals surface area contributed by atoms with Crippen LogP contribution in [0.5, 0.6) is 0 Å². The van der Waals surface area contributed by atoms with E-state index >= 15 is 0 Å². The first-order valence-electron chi connectivity index (χ1n) is 6.90. The van der Waals surface area contributed by atoms with Crippen LogP contribution >= 0.6 is 11.3 Å². The molecule has 1 atom stereocenters. The van der Waals surface area contributed by atoms with Gasteiger partial charge < -0.3 is 10.4 Å². The number of nitrogens with one attached hydrogen (secondary N) is 1. The van der Waals surface area contributed by atoms with Gasteiger partial charge in [0.25, 0.3) is 5.56 Å². The zero-order chi connectivity index (χ0) is 16.0. The highest BCUT2D eigenvalue weighted by atomic mass is 32.1. The molecule has 3 rings (SSSR count). The average molecular weight is 321 g/mol. The number of hydrogen-bond donors (Lipinski definition) is 2. The lowest BCUT2D eigenvalue weighted by atomic mass is 10.0. The minimum absolute atomic E-state index is 0.119. The van der Waals surface area contributed by atoms with Gasteiger partial charge in [-0.3, -0.25) is 19.0 Å². The highest BCUT2D eigenvalue weighted by Crippen LogP contribution is 2.42. The molecule has 22 heavy (non-hydrogen) atoms. The molecule has 8 heteroatoms. The molecule has 1 unspecified atom stereocenters. The molecule has 2 heterocycles. The molecule has 1 aliphatic rings. The summed E-state index contributed by atoms with van der Waals surface area (Å²) in [5.41, 5.74) is 0.257. The molecule has 2 aromatic rings. The van der Waals surface area contributed by atoms with Crippen molar-refractivity contribution in [2.75, 3.05) is 7.05 Å². The largest absolute Gasteiger partial charge is 0.481 e. The molecule has 0 aromatic carbocycles. The lowest BCUT2D eigenvalue weighted by Gasteiger charge is -2.10. The second-order valence-electron chi connectivity index (χ2n) is 5.27. The Balaban J connectivity index is 2.25. The fourth-order valence-electron chi connectivity index (χ4n) is 2.88. The van der Waals surface area contributed by atoms with Crippen molar-refractivity contribution in [3.8, 4) is 0 Å². The fraction of sp³-hybridized carbons (Fsp3) is 0.429. The van der Waals surface area contributed by atoms with E-state index in [-0.39, 0.29) is 18.0 Å². The topological polar surface area (TPSA) is 101 Å². The number of aryl methyl sites for hydroxylation is 2. The molecule has 2 N–H and O–H groups in total. The number of amides is 1. The number of hydrogen-bond acceptors (Lipinski definition) is 5. The van der Waals surface area contributed by atoms with E-state index in [9.17, 15) is 19.5 Å². The summed E-state index contributed by atoms with van der Waals surface area (Å²) in [5.74, 6) is -1.42. The second-order valence-corrected chi connectivity index (χ2v) is 6.36. The van der Waals surface area contributed by atoms with Crippen molar-refractivity contribution < 1.29 is 14.7 Å². The number of rotatable bonds is 3. The van der Waals surface area contributed by atoms with Crippen LogP contribution in [0.1, 0.15) is 28.6 Å². The summed E-state index contributed by atoms with van der Waals surface area (Å²) in [5, 5.41) is 12.2. The molecule has 0 saturated carbocycles. The Hall–Kier alpha value is -2.22. The summed E-state index contributed by atoms with van der Waals surface area (Å²) < 4.78 is 1.30. The molecular formula is C14H15N3O4S. The first-order chi connectivity index (χ1) is 10.4. The summed E-state index contributed by atoms with van der Waals surface area (Å²) in [6.45, 7) is 1.55. The zero-order valence-electron chi connectivity index (χ0n) is 12.2. The van der Waals surface area contributed by atoms with Crippen molar-refractivity contribution >= 4 is 33.4 Å². The number of nitrogens with zero attached hydrogens (tertiary/aromatic N) is 2. The van der Waals surface area contributed by atoms with Crippen LogP contribution in [0, 0.1) is 6.92 Å². The highest BCUT2D eigenvalue weighted by Gasteiger charge is 2.34. The van der Waals surface area contributed by atoms with Gasteiger partial charge >= 0.3 is 5.97 Å². The standard InChI is InChI=1S/C14H15N3O4S/c1-6-16-12-11(13(19)17(6)5-9(18)15-2)10-7(14(20)21)3-4-8(10)22-12/h7H,3-5H2,1-2H3,(H,15,18)(H,20,21). The Morgan fingerprint density at radius 2 is 2.23 bits per heavy atom. The van der Waals surface area contributed by atoms with Crippen LogP contribution in [0.3, 0.4) is 0 Å². The van der Waals surface area contributed by atoms with Gasteiger partial charge in [-0.2, -0.15) is 0 Å². The van der Waals surface area contributed by atoms with Crippen LogP contribution in [0.2, 0.25) is 0 Å². The molecule has 0 bridgehead atoms. The molecule has 0 fully saturated rings. The fourth-order valence-corrected chi connectivity index (χ4v) is 4.17. The Morgan fingerprint density at radius 3 is 2.86 bits per heavy atom. The number of carboxylic acid groups (broad SMARTS) is 1. The summed E-state index contributed by atoms with van der Waals surface area (Å²) in [6.07, 6.45) is 1.16. The third-order valence-corrected chi connectivity index (χ3v) is 5.16. The van der Waals surface area contributed by atoms with E-state index in [1.807, 2.05) is 0 Å². The number of fused-ring (bicyclic) bond motifs is 3. The molecule has 0 spiro atoms. The van der Waals surface area contributed by atoms with E-state index in [1.54, 1.807) is 6.92 Å². The first kappa shape index (κ1) is 14.7. The Kier molecular flexibility index (Phi) is 3.48. The lowest BCUT2D eigenvalue weighted by molar-refractivity contribution is -0.138. The van der Waals surface area contributed by atoms with E-state index in [0.29, 0.717) is 34.4 Å². The SMILES string of the molecule is CNC(=O)Cn1c(C)nc2sc3c(c2c1=O)C(C(=O)O)CC3. The molecule has 7 nitrogen and oxygen atoms in total. The zero-order valence-corrected chi connectivity index (χ0v) is 13.0. The van der Waals surface area contributed by atoms with Crippen molar-refractivity contribution in [1.82, 2.24) is 14.9 Å². The summed E-state index contributed by atoms with van der Waals surface area (Å²) in [7, 11) is 1.50. The molecule has 0 saturated heterocycles. The molecular weight excluding hydrogens is 306 g/mol. The van der Waals surface area contributed by atoms with Gasteiger partial charge in [-0.05, 0) is 25.3 Å².